The van der Waals surface area contributed by atoms with Crippen LogP contribution >= 0.6 is 0 Å². The summed E-state index contributed by atoms with van der Waals surface area (Å²) in [6.45, 7) is 1.78. The molecule has 0 fully saturated rings. The Morgan fingerprint density at radius 3 is 2.87 bits per heavy atom. The third-order valence-electron chi connectivity index (χ3n) is 2.35. The summed E-state index contributed by atoms with van der Waals surface area (Å²) in [5, 5.41) is 11.5. The van der Waals surface area contributed by atoms with E-state index < -0.39 is 4.92 Å². The molecular weight excluding hydrogens is 196 g/mol. The van der Waals surface area contributed by atoms with E-state index in [1.54, 1.807) is 19.2 Å². The van der Waals surface area contributed by atoms with E-state index in [9.17, 15) is 10.1 Å². The summed E-state index contributed by atoms with van der Waals surface area (Å²) in [5.41, 5.74) is 1.52. The fourth-order valence-electron chi connectivity index (χ4n) is 1.74. The highest BCUT2D eigenvalue weighted by molar-refractivity contribution is 5.92. The van der Waals surface area contributed by atoms with Gasteiger partial charge in [0.05, 0.1) is 22.9 Å². The van der Waals surface area contributed by atoms with Crippen LogP contribution < -0.4 is 4.74 Å². The van der Waals surface area contributed by atoms with Gasteiger partial charge in [-0.2, -0.15) is 0 Å². The van der Waals surface area contributed by atoms with E-state index in [2.05, 4.69) is 4.98 Å². The van der Waals surface area contributed by atoms with Gasteiger partial charge in [-0.1, -0.05) is 0 Å². The van der Waals surface area contributed by atoms with Crippen molar-refractivity contribution in [1.82, 2.24) is 4.98 Å². The molecule has 0 spiro atoms. The van der Waals surface area contributed by atoms with Crippen LogP contribution in [0.3, 0.4) is 0 Å². The van der Waals surface area contributed by atoms with Gasteiger partial charge in [0.15, 0.2) is 0 Å². The van der Waals surface area contributed by atoms with Crippen molar-refractivity contribution in [1.29, 1.82) is 0 Å². The summed E-state index contributed by atoms with van der Waals surface area (Å²) >= 11 is 0. The van der Waals surface area contributed by atoms with Crippen LogP contribution in [0.2, 0.25) is 0 Å². The lowest BCUT2D eigenvalue weighted by atomic mass is 10.1. The monoisotopic (exact) mass is 206 g/mol. The fourth-order valence-corrected chi connectivity index (χ4v) is 1.74. The smallest absolute Gasteiger partial charge is 0.320 e. The number of nitro benzene ring substituents is 1. The fraction of sp³-hybridized carbons (Fsp3) is 0.200. The van der Waals surface area contributed by atoms with Gasteiger partial charge >= 0.3 is 5.69 Å². The summed E-state index contributed by atoms with van der Waals surface area (Å²) in [6, 6.07) is 3.51. The Balaban J connectivity index is 2.90. The van der Waals surface area contributed by atoms with E-state index in [1.807, 2.05) is 6.07 Å². The molecule has 0 bridgehead atoms. The number of aromatic nitrogens is 1. The zero-order valence-corrected chi connectivity index (χ0v) is 8.40. The maximum Gasteiger partial charge on any atom is 0.320 e. The Morgan fingerprint density at radius 1 is 1.53 bits per heavy atom. The Morgan fingerprint density at radius 2 is 2.27 bits per heavy atom. The van der Waals surface area contributed by atoms with E-state index in [1.165, 1.54) is 7.11 Å². The molecule has 0 atom stereocenters. The highest BCUT2D eigenvalue weighted by Crippen LogP contribution is 2.37. The maximum absolute atomic E-state index is 11.0. The van der Waals surface area contributed by atoms with Crippen LogP contribution in [-0.4, -0.2) is 17.0 Å². The van der Waals surface area contributed by atoms with Crippen molar-refractivity contribution in [3.05, 3.63) is 34.0 Å². The Hall–Kier alpha value is -2.04. The van der Waals surface area contributed by atoms with Gasteiger partial charge in [0, 0.05) is 11.8 Å². The first-order chi connectivity index (χ1) is 7.15. The number of nitrogens with zero attached hydrogens (tertiary/aromatic N) is 1. The minimum atomic E-state index is -0.415. The molecule has 0 unspecified atom stereocenters. The van der Waals surface area contributed by atoms with Gasteiger partial charge in [0.2, 0.25) is 5.75 Å². The Kier molecular flexibility index (Phi) is 2.07. The van der Waals surface area contributed by atoms with E-state index in [0.717, 1.165) is 11.1 Å². The molecule has 15 heavy (non-hydrogen) atoms. The molecule has 5 nitrogen and oxygen atoms in total. The van der Waals surface area contributed by atoms with Gasteiger partial charge < -0.3 is 9.72 Å². The second-order valence-corrected chi connectivity index (χ2v) is 3.27. The minimum Gasteiger partial charge on any atom is -0.490 e. The first kappa shape index (κ1) is 9.51. The third kappa shape index (κ3) is 1.32. The van der Waals surface area contributed by atoms with Crippen LogP contribution in [-0.2, 0) is 0 Å². The van der Waals surface area contributed by atoms with Crippen molar-refractivity contribution in [3.63, 3.8) is 0 Å². The number of H-pyrrole nitrogens is 1. The molecule has 2 rings (SSSR count). The molecule has 1 N–H and O–H groups in total. The maximum atomic E-state index is 11.0. The zero-order chi connectivity index (χ0) is 11.0. The van der Waals surface area contributed by atoms with E-state index in [-0.39, 0.29) is 5.69 Å². The van der Waals surface area contributed by atoms with Crippen LogP contribution in [0, 0.1) is 17.0 Å². The Bertz CT molecular complexity index is 531. The van der Waals surface area contributed by atoms with Gasteiger partial charge in [-0.25, -0.2) is 0 Å². The first-order valence-corrected chi connectivity index (χ1v) is 4.44. The van der Waals surface area contributed by atoms with Crippen molar-refractivity contribution >= 4 is 16.6 Å². The third-order valence-corrected chi connectivity index (χ3v) is 2.35. The number of nitro groups is 1. The van der Waals surface area contributed by atoms with Crippen LogP contribution in [0.1, 0.15) is 5.56 Å². The van der Waals surface area contributed by atoms with Crippen molar-refractivity contribution < 1.29 is 9.66 Å². The molecule has 1 heterocycles. The molecule has 2 aromatic rings. The standard InChI is InChI=1S/C10H10N2O3/c1-6-5-8-7(3-4-11-8)9(12(13)14)10(6)15-2/h3-5,11H,1-2H3. The van der Waals surface area contributed by atoms with E-state index in [4.69, 9.17) is 4.74 Å². The van der Waals surface area contributed by atoms with Gasteiger partial charge in [0.1, 0.15) is 0 Å². The highest BCUT2D eigenvalue weighted by atomic mass is 16.6. The van der Waals surface area contributed by atoms with Crippen molar-refractivity contribution in [2.45, 2.75) is 6.92 Å². The van der Waals surface area contributed by atoms with Gasteiger partial charge in [-0.15, -0.1) is 0 Å². The summed E-state index contributed by atoms with van der Waals surface area (Å²) < 4.78 is 5.06. The molecule has 0 radical (unpaired) electrons. The summed E-state index contributed by atoms with van der Waals surface area (Å²) in [7, 11) is 1.44. The number of hydrogen-bond donors (Lipinski definition) is 1. The lowest BCUT2D eigenvalue weighted by Crippen LogP contribution is -1.96. The summed E-state index contributed by atoms with van der Waals surface area (Å²) in [4.78, 5) is 13.5. The van der Waals surface area contributed by atoms with Crippen LogP contribution in [0.15, 0.2) is 18.3 Å². The number of hydrogen-bond acceptors (Lipinski definition) is 3. The molecule has 1 aromatic heterocycles. The average molecular weight is 206 g/mol. The second kappa shape index (κ2) is 3.27. The molecular formula is C10H10N2O3. The molecule has 1 aromatic carbocycles. The molecule has 5 heteroatoms. The Labute approximate surface area is 85.8 Å². The average Bonchev–Trinajstić information content (AvgIpc) is 2.62. The number of fused-ring (bicyclic) bond motifs is 1. The molecule has 0 amide bonds. The van der Waals surface area contributed by atoms with Crippen LogP contribution in [0.5, 0.6) is 5.75 Å². The van der Waals surface area contributed by atoms with Gasteiger partial charge in [0.25, 0.3) is 0 Å². The minimum absolute atomic E-state index is 0.0220. The molecule has 0 aliphatic carbocycles. The number of aryl methyl sites for hydroxylation is 1. The number of aromatic amines is 1. The number of nitrogens with one attached hydrogen (secondary N) is 1. The van der Waals surface area contributed by atoms with E-state index >= 15 is 0 Å². The first-order valence-electron chi connectivity index (χ1n) is 4.44. The van der Waals surface area contributed by atoms with E-state index in [0.29, 0.717) is 11.1 Å². The number of ether oxygens (including phenoxy) is 1. The number of methoxy groups -OCH3 is 1. The number of rotatable bonds is 2. The topological polar surface area (TPSA) is 68.2 Å². The van der Waals surface area contributed by atoms with Crippen molar-refractivity contribution in [2.24, 2.45) is 0 Å². The predicted octanol–water partition coefficient (Wildman–Crippen LogP) is 2.39. The molecule has 0 aliphatic rings. The van der Waals surface area contributed by atoms with Crippen LogP contribution in [0.25, 0.3) is 10.9 Å². The molecule has 0 saturated heterocycles. The quantitative estimate of drug-likeness (QED) is 0.605. The summed E-state index contributed by atoms with van der Waals surface area (Å²) in [6.07, 6.45) is 1.68. The normalized spacial score (nSPS) is 10.5. The van der Waals surface area contributed by atoms with Crippen molar-refractivity contribution in [3.8, 4) is 5.75 Å². The lowest BCUT2D eigenvalue weighted by molar-refractivity contribution is -0.384. The second-order valence-electron chi connectivity index (χ2n) is 3.27. The molecule has 0 aliphatic heterocycles. The largest absolute Gasteiger partial charge is 0.490 e. The molecule has 0 saturated carbocycles. The highest BCUT2D eigenvalue weighted by Gasteiger charge is 2.22. The lowest BCUT2D eigenvalue weighted by Gasteiger charge is -2.05. The number of benzene rings is 1. The SMILES string of the molecule is COc1c(C)cc2[nH]ccc2c1[N+](=O)[O-]. The predicted molar refractivity (Wildman–Crippen MR) is 56.2 cm³/mol. The van der Waals surface area contributed by atoms with Crippen LogP contribution in [0.4, 0.5) is 5.69 Å². The summed E-state index contributed by atoms with van der Waals surface area (Å²) in [5.74, 6) is 0.326. The molecule has 78 valence electrons. The zero-order valence-electron chi connectivity index (χ0n) is 8.40. The van der Waals surface area contributed by atoms with Gasteiger partial charge in [-0.3, -0.25) is 10.1 Å². The van der Waals surface area contributed by atoms with Crippen molar-refractivity contribution in [2.75, 3.05) is 7.11 Å². The van der Waals surface area contributed by atoms with Gasteiger partial charge in [-0.05, 0) is 19.1 Å².